The van der Waals surface area contributed by atoms with Gasteiger partial charge in [0.2, 0.25) is 11.8 Å². The third-order valence-electron chi connectivity index (χ3n) is 1.71. The fraction of sp³-hybridized carbons (Fsp3) is 0.571. The molecule has 2 N–H and O–H groups in total. The maximum absolute atomic E-state index is 11.1. The number of barbiturate groups is 1. The molecule has 0 saturated carbocycles. The summed E-state index contributed by atoms with van der Waals surface area (Å²) >= 11 is 0. The molecule has 6 heteroatoms. The van der Waals surface area contributed by atoms with Crippen LogP contribution < -0.4 is 10.6 Å². The Morgan fingerprint density at radius 1 is 1.08 bits per heavy atom. The minimum atomic E-state index is -0.748. The van der Waals surface area contributed by atoms with Crippen molar-refractivity contribution in [3.63, 3.8) is 0 Å². The number of rotatable bonds is 1. The molecule has 13 heavy (non-hydrogen) atoms. The first-order chi connectivity index (χ1) is 5.52. The van der Waals surface area contributed by atoms with Crippen LogP contribution in [0.4, 0.5) is 4.79 Å². The van der Waals surface area contributed by atoms with Crippen molar-refractivity contribution in [3.05, 3.63) is 0 Å². The number of urea groups is 1. The number of imide groups is 2. The van der Waals surface area contributed by atoms with Crippen LogP contribution in [0.2, 0.25) is 0 Å². The van der Waals surface area contributed by atoms with E-state index < -0.39 is 23.8 Å². The molecule has 67 valence electrons. The Labute approximate surface area is 97.9 Å². The summed E-state index contributed by atoms with van der Waals surface area (Å²) in [7, 11) is 0. The Morgan fingerprint density at radius 3 is 1.77 bits per heavy atom. The summed E-state index contributed by atoms with van der Waals surface area (Å²) in [6.45, 7) is 3.50. The number of hydrogen-bond acceptors (Lipinski definition) is 3. The molecule has 0 bridgehead atoms. The fourth-order valence-electron chi connectivity index (χ4n) is 1.14. The van der Waals surface area contributed by atoms with E-state index in [2.05, 4.69) is 0 Å². The summed E-state index contributed by atoms with van der Waals surface area (Å²) in [6, 6.07) is -0.734. The Hall–Kier alpha value is -0.390. The minimum Gasteiger partial charge on any atom is -0.277 e. The van der Waals surface area contributed by atoms with Gasteiger partial charge in [-0.05, 0) is 5.92 Å². The summed E-state index contributed by atoms with van der Waals surface area (Å²) < 4.78 is 0. The average Bonchev–Trinajstić information content (AvgIpc) is 1.82. The van der Waals surface area contributed by atoms with Crippen molar-refractivity contribution in [2.24, 2.45) is 11.8 Å². The Morgan fingerprint density at radius 2 is 1.46 bits per heavy atom. The number of amides is 4. The zero-order valence-electron chi connectivity index (χ0n) is 7.88. The number of hydrogen-bond donors (Lipinski definition) is 2. The second-order valence-electron chi connectivity index (χ2n) is 3.03. The van der Waals surface area contributed by atoms with Gasteiger partial charge >= 0.3 is 6.03 Å². The van der Waals surface area contributed by atoms with Gasteiger partial charge < -0.3 is 0 Å². The van der Waals surface area contributed by atoms with Gasteiger partial charge in [0.25, 0.3) is 0 Å². The van der Waals surface area contributed by atoms with E-state index in [0.29, 0.717) is 0 Å². The topological polar surface area (TPSA) is 75.3 Å². The molecule has 1 heterocycles. The molecule has 1 radical (unpaired) electrons. The molecule has 0 atom stereocenters. The van der Waals surface area contributed by atoms with E-state index >= 15 is 0 Å². The van der Waals surface area contributed by atoms with Gasteiger partial charge in [0.15, 0.2) is 0 Å². The van der Waals surface area contributed by atoms with E-state index in [4.69, 9.17) is 0 Å². The van der Waals surface area contributed by atoms with E-state index in [1.807, 2.05) is 10.6 Å². The average molecular weight is 193 g/mol. The Kier molecular flexibility index (Phi) is 4.60. The summed E-state index contributed by atoms with van der Waals surface area (Å²) in [5.74, 6) is -1.88. The molecule has 0 aromatic rings. The van der Waals surface area contributed by atoms with Crippen molar-refractivity contribution >= 4 is 47.4 Å². The second kappa shape index (κ2) is 4.74. The van der Waals surface area contributed by atoms with Crippen LogP contribution >= 0.6 is 0 Å². The molecule has 1 rings (SSSR count). The number of nitrogens with one attached hydrogen (secondary N) is 2. The van der Waals surface area contributed by atoms with Gasteiger partial charge in [0.05, 0.1) is 0 Å². The van der Waals surface area contributed by atoms with Gasteiger partial charge in [-0.25, -0.2) is 4.79 Å². The summed E-state index contributed by atoms with van der Waals surface area (Å²) in [5.41, 5.74) is 0. The van der Waals surface area contributed by atoms with Crippen molar-refractivity contribution in [2.75, 3.05) is 0 Å². The fourth-order valence-corrected chi connectivity index (χ4v) is 1.14. The Bertz CT molecular complexity index is 232. The maximum atomic E-state index is 11.1. The summed E-state index contributed by atoms with van der Waals surface area (Å²) in [6.07, 6.45) is 0. The number of carbonyl (C=O) groups is 3. The van der Waals surface area contributed by atoms with Crippen molar-refractivity contribution in [3.8, 4) is 0 Å². The van der Waals surface area contributed by atoms with E-state index in [1.54, 1.807) is 13.8 Å². The van der Waals surface area contributed by atoms with Crippen LogP contribution in [0.5, 0.6) is 0 Å². The third-order valence-corrected chi connectivity index (χ3v) is 1.71. The first kappa shape index (κ1) is 12.6. The molecule has 1 aliphatic heterocycles. The van der Waals surface area contributed by atoms with Gasteiger partial charge in [-0.1, -0.05) is 13.8 Å². The molecule has 0 aromatic heterocycles. The molecule has 1 saturated heterocycles. The normalized spacial score (nSPS) is 17.9. The first-order valence-electron chi connectivity index (χ1n) is 3.68. The quantitative estimate of drug-likeness (QED) is 0.424. The maximum Gasteiger partial charge on any atom is 0.328 e. The van der Waals surface area contributed by atoms with Crippen LogP contribution in [0.15, 0.2) is 0 Å². The van der Waals surface area contributed by atoms with Crippen LogP contribution in [0.25, 0.3) is 0 Å². The smallest absolute Gasteiger partial charge is 0.277 e. The molecule has 0 unspecified atom stereocenters. The predicted octanol–water partition coefficient (Wildman–Crippen LogP) is -0.756. The summed E-state index contributed by atoms with van der Waals surface area (Å²) in [4.78, 5) is 32.7. The van der Waals surface area contributed by atoms with Crippen molar-refractivity contribution in [1.82, 2.24) is 10.6 Å². The largest absolute Gasteiger partial charge is 0.328 e. The predicted molar refractivity (Wildman–Crippen MR) is 45.8 cm³/mol. The van der Waals surface area contributed by atoms with Crippen LogP contribution in [-0.2, 0) is 9.59 Å². The van der Waals surface area contributed by atoms with Crippen LogP contribution in [0.1, 0.15) is 13.8 Å². The van der Waals surface area contributed by atoms with Crippen molar-refractivity contribution in [2.45, 2.75) is 13.8 Å². The van der Waals surface area contributed by atoms with Gasteiger partial charge in [0.1, 0.15) is 5.92 Å². The van der Waals surface area contributed by atoms with E-state index in [0.717, 1.165) is 0 Å². The van der Waals surface area contributed by atoms with Gasteiger partial charge in [-0.15, -0.1) is 0 Å². The molecule has 1 aliphatic rings. The molecular formula is C7H10N2NaO3. The molecule has 4 amide bonds. The molecule has 0 aliphatic carbocycles. The minimum absolute atomic E-state index is 0. The second-order valence-corrected chi connectivity index (χ2v) is 3.03. The monoisotopic (exact) mass is 193 g/mol. The molecule has 0 aromatic carbocycles. The number of carbonyl (C=O) groups excluding carboxylic acids is 3. The molecule has 1 fully saturated rings. The zero-order chi connectivity index (χ0) is 9.30. The van der Waals surface area contributed by atoms with Crippen LogP contribution in [0.3, 0.4) is 0 Å². The third kappa shape index (κ3) is 2.79. The van der Waals surface area contributed by atoms with E-state index in [9.17, 15) is 14.4 Å². The first-order valence-corrected chi connectivity index (χ1v) is 3.68. The zero-order valence-corrected chi connectivity index (χ0v) is 9.88. The van der Waals surface area contributed by atoms with E-state index in [-0.39, 0.29) is 35.5 Å². The SMILES string of the molecule is CC(C)C1C(=O)NC(=O)NC1=O.[Na]. The standard InChI is InChI=1S/C7H10N2O3.Na/c1-3(2)4-5(10)8-7(12)9-6(4)11;/h3-4H,1-2H3,(H2,8,9,10,11,12);. The van der Waals surface area contributed by atoms with Gasteiger partial charge in [-0.2, -0.15) is 0 Å². The summed E-state index contributed by atoms with van der Waals surface area (Å²) in [5, 5.41) is 4.06. The van der Waals surface area contributed by atoms with Crippen LogP contribution in [0, 0.1) is 11.8 Å². The van der Waals surface area contributed by atoms with Crippen molar-refractivity contribution < 1.29 is 14.4 Å². The molecule has 0 spiro atoms. The molecule has 5 nitrogen and oxygen atoms in total. The van der Waals surface area contributed by atoms with Gasteiger partial charge in [0, 0.05) is 29.6 Å². The Balaban J connectivity index is 0.00000144. The molecular weight excluding hydrogens is 183 g/mol. The van der Waals surface area contributed by atoms with Gasteiger partial charge in [-0.3, -0.25) is 20.2 Å². The van der Waals surface area contributed by atoms with E-state index in [1.165, 1.54) is 0 Å². The van der Waals surface area contributed by atoms with Crippen LogP contribution in [-0.4, -0.2) is 47.4 Å². The van der Waals surface area contributed by atoms with Crippen molar-refractivity contribution in [1.29, 1.82) is 0 Å².